The van der Waals surface area contributed by atoms with Crippen molar-refractivity contribution in [3.05, 3.63) is 23.8 Å². The van der Waals surface area contributed by atoms with Gasteiger partial charge in [-0.15, -0.1) is 10.2 Å². The molecular formula is C18H27N7. The molecule has 2 saturated heterocycles. The maximum absolute atomic E-state index is 4.52. The van der Waals surface area contributed by atoms with E-state index < -0.39 is 0 Å². The highest BCUT2D eigenvalue weighted by Crippen LogP contribution is 2.38. The number of hydrogen-bond acceptors (Lipinski definition) is 5. The van der Waals surface area contributed by atoms with Gasteiger partial charge in [0.05, 0.1) is 0 Å². The molecule has 7 nitrogen and oxygen atoms in total. The van der Waals surface area contributed by atoms with E-state index in [9.17, 15) is 0 Å². The molecule has 0 aromatic carbocycles. The largest absolute Gasteiger partial charge is 0.341 e. The molecule has 134 valence electrons. The van der Waals surface area contributed by atoms with Crippen LogP contribution >= 0.6 is 0 Å². The molecule has 2 unspecified atom stereocenters. The molecule has 4 heterocycles. The minimum absolute atomic E-state index is 0.749. The first kappa shape index (κ1) is 15.4. The second-order valence-corrected chi connectivity index (χ2v) is 7.91. The summed E-state index contributed by atoms with van der Waals surface area (Å²) >= 11 is 0. The average molecular weight is 341 g/mol. The minimum atomic E-state index is 0.749. The number of H-pyrrole nitrogens is 1. The van der Waals surface area contributed by atoms with Crippen molar-refractivity contribution < 1.29 is 0 Å². The van der Waals surface area contributed by atoms with E-state index in [-0.39, 0.29) is 0 Å². The third kappa shape index (κ3) is 2.84. The topological polar surface area (TPSA) is 65.9 Å². The Morgan fingerprint density at radius 2 is 2.08 bits per heavy atom. The van der Waals surface area contributed by atoms with Crippen molar-refractivity contribution in [3.8, 4) is 0 Å². The van der Waals surface area contributed by atoms with E-state index in [1.54, 1.807) is 6.20 Å². The van der Waals surface area contributed by atoms with Gasteiger partial charge in [0.15, 0.2) is 0 Å². The average Bonchev–Trinajstić information content (AvgIpc) is 3.24. The number of likely N-dealkylation sites (tertiary alicyclic amines) is 1. The Balaban J connectivity index is 1.30. The third-order valence-electron chi connectivity index (χ3n) is 6.26. The first-order valence-corrected chi connectivity index (χ1v) is 9.67. The summed E-state index contributed by atoms with van der Waals surface area (Å²) in [5.74, 6) is 2.80. The van der Waals surface area contributed by atoms with E-state index in [0.29, 0.717) is 0 Å². The molecule has 25 heavy (non-hydrogen) atoms. The summed E-state index contributed by atoms with van der Waals surface area (Å²) in [6.07, 6.45) is 9.37. The Kier molecular flexibility index (Phi) is 3.77. The van der Waals surface area contributed by atoms with Crippen molar-refractivity contribution >= 4 is 5.95 Å². The van der Waals surface area contributed by atoms with E-state index in [0.717, 1.165) is 55.0 Å². The van der Waals surface area contributed by atoms with Crippen molar-refractivity contribution in [3.63, 3.8) is 0 Å². The molecule has 2 atom stereocenters. The lowest BCUT2D eigenvalue weighted by molar-refractivity contribution is 0.0693. The van der Waals surface area contributed by atoms with Gasteiger partial charge < -0.3 is 9.47 Å². The molecule has 1 saturated carbocycles. The van der Waals surface area contributed by atoms with Gasteiger partial charge in [0.2, 0.25) is 5.95 Å². The Bertz CT molecular complexity index is 718. The van der Waals surface area contributed by atoms with Gasteiger partial charge in [0.1, 0.15) is 5.82 Å². The summed E-state index contributed by atoms with van der Waals surface area (Å²) in [7, 11) is 2.09. The van der Waals surface area contributed by atoms with E-state index in [4.69, 9.17) is 0 Å². The zero-order valence-corrected chi connectivity index (χ0v) is 14.9. The van der Waals surface area contributed by atoms with Crippen LogP contribution in [0, 0.1) is 5.92 Å². The van der Waals surface area contributed by atoms with Crippen LogP contribution in [0.1, 0.15) is 43.6 Å². The predicted octanol–water partition coefficient (Wildman–Crippen LogP) is 1.58. The number of rotatable bonds is 4. The fourth-order valence-electron chi connectivity index (χ4n) is 4.82. The van der Waals surface area contributed by atoms with Gasteiger partial charge in [-0.1, -0.05) is 0 Å². The lowest BCUT2D eigenvalue weighted by atomic mass is 9.84. The quantitative estimate of drug-likeness (QED) is 0.915. The smallest absolute Gasteiger partial charge is 0.226 e. The second kappa shape index (κ2) is 6.12. The number of nitrogens with one attached hydrogen (secondary N) is 1. The number of fused-ring (bicyclic) bond motifs is 1. The van der Waals surface area contributed by atoms with E-state index in [1.807, 2.05) is 6.07 Å². The van der Waals surface area contributed by atoms with Crippen molar-refractivity contribution in [2.45, 2.75) is 50.6 Å². The van der Waals surface area contributed by atoms with Crippen LogP contribution < -0.4 is 4.90 Å². The second-order valence-electron chi connectivity index (χ2n) is 7.91. The number of anilines is 1. The zero-order valence-electron chi connectivity index (χ0n) is 14.9. The van der Waals surface area contributed by atoms with Crippen LogP contribution in [-0.2, 0) is 13.5 Å². The van der Waals surface area contributed by atoms with Crippen molar-refractivity contribution in [2.75, 3.05) is 24.5 Å². The number of piperidine rings is 2. The lowest BCUT2D eigenvalue weighted by Gasteiger charge is -2.47. The van der Waals surface area contributed by atoms with Gasteiger partial charge in [-0.3, -0.25) is 10.00 Å². The summed E-state index contributed by atoms with van der Waals surface area (Å²) in [4.78, 5) is 5.28. The van der Waals surface area contributed by atoms with Crippen LogP contribution in [0.2, 0.25) is 0 Å². The van der Waals surface area contributed by atoms with E-state index >= 15 is 0 Å². The van der Waals surface area contributed by atoms with Gasteiger partial charge in [-0.25, -0.2) is 0 Å². The molecule has 0 bridgehead atoms. The van der Waals surface area contributed by atoms with Crippen LogP contribution in [0.5, 0.6) is 0 Å². The molecule has 0 amide bonds. The fraction of sp³-hybridized carbons (Fsp3) is 0.722. The van der Waals surface area contributed by atoms with Gasteiger partial charge in [0.25, 0.3) is 0 Å². The Morgan fingerprint density at radius 3 is 2.88 bits per heavy atom. The maximum atomic E-state index is 4.52. The van der Waals surface area contributed by atoms with Crippen molar-refractivity contribution in [2.24, 2.45) is 13.0 Å². The normalized spacial score (nSPS) is 27.5. The molecule has 1 N–H and O–H groups in total. The summed E-state index contributed by atoms with van der Waals surface area (Å²) in [5, 5.41) is 16.0. The molecule has 5 rings (SSSR count). The highest BCUT2D eigenvalue weighted by atomic mass is 15.4. The highest BCUT2D eigenvalue weighted by Gasteiger charge is 2.42. The molecule has 2 aromatic heterocycles. The van der Waals surface area contributed by atoms with Crippen molar-refractivity contribution in [1.82, 2.24) is 29.9 Å². The van der Waals surface area contributed by atoms with Gasteiger partial charge in [-0.2, -0.15) is 5.10 Å². The number of aromatic nitrogens is 5. The van der Waals surface area contributed by atoms with Crippen LogP contribution in [0.4, 0.5) is 5.95 Å². The summed E-state index contributed by atoms with van der Waals surface area (Å²) < 4.78 is 2.16. The predicted molar refractivity (Wildman–Crippen MR) is 95.5 cm³/mol. The molecule has 7 heteroatoms. The third-order valence-corrected chi connectivity index (χ3v) is 6.26. The Hall–Kier alpha value is -1.89. The van der Waals surface area contributed by atoms with Crippen LogP contribution in [0.15, 0.2) is 12.3 Å². The van der Waals surface area contributed by atoms with Crippen LogP contribution in [0.25, 0.3) is 0 Å². The standard InChI is InChI=1S/C18H27N7/c1-23-17(11-14-6-8-19-20-14)21-22-18(23)24-10-7-16-13(12-24)3-2-9-25(16)15-4-5-15/h6,8,13,15-16H,2-5,7,9-12H2,1H3,(H,19,20). The van der Waals surface area contributed by atoms with Crippen LogP contribution in [0.3, 0.4) is 0 Å². The van der Waals surface area contributed by atoms with E-state index in [1.165, 1.54) is 38.6 Å². The van der Waals surface area contributed by atoms with Crippen LogP contribution in [-0.4, -0.2) is 61.6 Å². The maximum Gasteiger partial charge on any atom is 0.226 e. The number of hydrogen-bond donors (Lipinski definition) is 1. The number of nitrogens with zero attached hydrogens (tertiary/aromatic N) is 6. The lowest BCUT2D eigenvalue weighted by Crippen LogP contribution is -2.55. The summed E-state index contributed by atoms with van der Waals surface area (Å²) in [5.41, 5.74) is 1.08. The highest BCUT2D eigenvalue weighted by molar-refractivity contribution is 5.33. The fourth-order valence-corrected chi connectivity index (χ4v) is 4.82. The molecule has 3 fully saturated rings. The molecule has 2 aromatic rings. The van der Waals surface area contributed by atoms with Gasteiger partial charge in [-0.05, 0) is 50.6 Å². The molecular weight excluding hydrogens is 314 g/mol. The first-order valence-electron chi connectivity index (χ1n) is 9.67. The van der Waals surface area contributed by atoms with Gasteiger partial charge >= 0.3 is 0 Å². The summed E-state index contributed by atoms with van der Waals surface area (Å²) in [6, 6.07) is 3.69. The molecule has 0 radical (unpaired) electrons. The first-order chi connectivity index (χ1) is 12.3. The van der Waals surface area contributed by atoms with Gasteiger partial charge in [0, 0.05) is 50.5 Å². The van der Waals surface area contributed by atoms with Crippen molar-refractivity contribution in [1.29, 1.82) is 0 Å². The SMILES string of the molecule is Cn1c(Cc2ccn[nH]2)nnc1N1CCC2C(CCCN2C2CC2)C1. The summed E-state index contributed by atoms with van der Waals surface area (Å²) in [6.45, 7) is 3.55. The number of aromatic amines is 1. The zero-order chi connectivity index (χ0) is 16.8. The molecule has 2 aliphatic heterocycles. The molecule has 1 aliphatic carbocycles. The Morgan fingerprint density at radius 1 is 1.16 bits per heavy atom. The monoisotopic (exact) mass is 341 g/mol. The molecule has 0 spiro atoms. The van der Waals surface area contributed by atoms with E-state index in [2.05, 4.69) is 41.8 Å². The molecule has 3 aliphatic rings. The Labute approximate surface area is 148 Å². The minimum Gasteiger partial charge on any atom is -0.341 e.